The zero-order valence-electron chi connectivity index (χ0n) is 17.6. The van der Waals surface area contributed by atoms with E-state index in [1.54, 1.807) is 0 Å². The fraction of sp³-hybridized carbons (Fsp3) is 0.143. The van der Waals surface area contributed by atoms with Gasteiger partial charge in [-0.2, -0.15) is 0 Å². The summed E-state index contributed by atoms with van der Waals surface area (Å²) in [6.45, 7) is 10.3. The van der Waals surface area contributed by atoms with E-state index >= 15 is 0 Å². The Morgan fingerprint density at radius 3 is 2.53 bits per heavy atom. The number of benzene rings is 3. The Bertz CT molecular complexity index is 1460. The Morgan fingerprint density at radius 1 is 0.900 bits per heavy atom. The highest BCUT2D eigenvalue weighted by Gasteiger charge is 2.13. The Morgan fingerprint density at radius 2 is 1.70 bits per heavy atom. The lowest BCUT2D eigenvalue weighted by atomic mass is 10.0. The van der Waals surface area contributed by atoms with E-state index in [0.717, 1.165) is 45.5 Å². The second kappa shape index (κ2) is 7.07. The van der Waals surface area contributed by atoms with E-state index in [4.69, 9.17) is 8.83 Å². The van der Waals surface area contributed by atoms with Crippen molar-refractivity contribution in [3.8, 4) is 0 Å². The van der Waals surface area contributed by atoms with Crippen molar-refractivity contribution in [2.45, 2.75) is 27.2 Å². The molecule has 0 fully saturated rings. The van der Waals surface area contributed by atoms with E-state index in [1.165, 1.54) is 27.5 Å². The number of aryl methyl sites for hydroxylation is 2. The van der Waals surface area contributed by atoms with Gasteiger partial charge < -0.3 is 8.83 Å². The molecule has 3 aromatic carbocycles. The number of fused-ring (bicyclic) bond motifs is 4. The predicted molar refractivity (Wildman–Crippen MR) is 127 cm³/mol. The van der Waals surface area contributed by atoms with Gasteiger partial charge in [0.05, 0.1) is 0 Å². The maximum absolute atomic E-state index is 6.07. The number of hydrogen-bond donors (Lipinski definition) is 0. The molecule has 0 saturated heterocycles. The number of hydrogen-bond acceptors (Lipinski definition) is 2. The molecule has 2 heterocycles. The van der Waals surface area contributed by atoms with Gasteiger partial charge in [0.25, 0.3) is 0 Å². The lowest BCUT2D eigenvalue weighted by molar-refractivity contribution is 0.598. The van der Waals surface area contributed by atoms with Crippen molar-refractivity contribution < 1.29 is 8.83 Å². The van der Waals surface area contributed by atoms with Gasteiger partial charge in [-0.05, 0) is 68.2 Å². The van der Waals surface area contributed by atoms with Crippen LogP contribution >= 0.6 is 0 Å². The van der Waals surface area contributed by atoms with Crippen molar-refractivity contribution in [2.24, 2.45) is 0 Å². The normalized spacial score (nSPS) is 12.0. The molecule has 0 aliphatic heterocycles. The molecule has 2 aromatic heterocycles. The highest BCUT2D eigenvalue weighted by molar-refractivity contribution is 6.06. The van der Waals surface area contributed by atoms with Crippen molar-refractivity contribution in [2.75, 3.05) is 0 Å². The molecule has 2 heteroatoms. The minimum Gasteiger partial charge on any atom is -0.456 e. The quantitative estimate of drug-likeness (QED) is 0.308. The molecule has 0 spiro atoms. The standard InChI is InChI=1S/C28H24O2/c1-17(2)27-22(23-14-18(3)12-13-26(23)29-27)10-7-8-20-15-19(4)28-24(16-20)21-9-5-6-11-25(21)30-28/h5-7,9-16H,1,8H2,2-4H3. The topological polar surface area (TPSA) is 26.3 Å². The molecule has 0 N–H and O–H groups in total. The first kappa shape index (κ1) is 18.5. The van der Waals surface area contributed by atoms with Crippen molar-refractivity contribution in [3.63, 3.8) is 0 Å². The summed E-state index contributed by atoms with van der Waals surface area (Å²) < 4.78 is 12.1. The molecule has 0 atom stereocenters. The summed E-state index contributed by atoms with van der Waals surface area (Å²) in [5.41, 5.74) is 8.51. The van der Waals surface area contributed by atoms with Gasteiger partial charge in [0.2, 0.25) is 0 Å². The Balaban J connectivity index is 1.54. The SMILES string of the molecule is C=C(C)c1oc2ccc(C)cc2c1C=CCc1cc(C)c2oc3ccccc3c2c1. The molecule has 0 radical (unpaired) electrons. The molecule has 0 bridgehead atoms. The second-order valence-electron chi connectivity index (χ2n) is 8.12. The average molecular weight is 392 g/mol. The third-order valence-corrected chi connectivity index (χ3v) is 5.63. The van der Waals surface area contributed by atoms with E-state index in [1.807, 2.05) is 25.1 Å². The number of para-hydroxylation sites is 1. The molecule has 0 aliphatic carbocycles. The molecule has 0 aliphatic rings. The third kappa shape index (κ3) is 3.05. The van der Waals surface area contributed by atoms with Crippen LogP contribution in [0, 0.1) is 13.8 Å². The monoisotopic (exact) mass is 392 g/mol. The molecule has 148 valence electrons. The zero-order valence-corrected chi connectivity index (χ0v) is 17.6. The van der Waals surface area contributed by atoms with E-state index in [-0.39, 0.29) is 0 Å². The Hall–Kier alpha value is -3.52. The highest BCUT2D eigenvalue weighted by Crippen LogP contribution is 2.33. The van der Waals surface area contributed by atoms with Crippen LogP contribution in [0.25, 0.3) is 44.6 Å². The summed E-state index contributed by atoms with van der Waals surface area (Å²) in [5.74, 6) is 0.860. The van der Waals surface area contributed by atoms with Gasteiger partial charge in [-0.15, -0.1) is 0 Å². The van der Waals surface area contributed by atoms with Crippen LogP contribution in [0.1, 0.15) is 34.9 Å². The van der Waals surface area contributed by atoms with Crippen LogP contribution in [0.4, 0.5) is 0 Å². The number of rotatable bonds is 4. The summed E-state index contributed by atoms with van der Waals surface area (Å²) in [6.07, 6.45) is 5.22. The molecule has 5 aromatic rings. The fourth-order valence-corrected chi connectivity index (χ4v) is 4.22. The van der Waals surface area contributed by atoms with Gasteiger partial charge in [0.1, 0.15) is 22.5 Å². The first-order valence-electron chi connectivity index (χ1n) is 10.3. The van der Waals surface area contributed by atoms with Crippen LogP contribution in [0.15, 0.2) is 76.1 Å². The maximum atomic E-state index is 6.07. The molecule has 30 heavy (non-hydrogen) atoms. The smallest absolute Gasteiger partial charge is 0.138 e. The van der Waals surface area contributed by atoms with Gasteiger partial charge in [-0.25, -0.2) is 0 Å². The predicted octanol–water partition coefficient (Wildman–Crippen LogP) is 8.24. The van der Waals surface area contributed by atoms with Gasteiger partial charge in [0, 0.05) is 21.7 Å². The largest absolute Gasteiger partial charge is 0.456 e. The number of allylic oxidation sites excluding steroid dienone is 2. The zero-order chi connectivity index (χ0) is 20.8. The second-order valence-corrected chi connectivity index (χ2v) is 8.12. The molecule has 5 rings (SSSR count). The van der Waals surface area contributed by atoms with Crippen LogP contribution in [0.5, 0.6) is 0 Å². The molecule has 2 nitrogen and oxygen atoms in total. The Labute approximate surface area is 176 Å². The summed E-state index contributed by atoms with van der Waals surface area (Å²) >= 11 is 0. The molecular weight excluding hydrogens is 368 g/mol. The number of furan rings is 2. The van der Waals surface area contributed by atoms with Crippen molar-refractivity contribution >= 4 is 44.6 Å². The molecule has 0 amide bonds. The summed E-state index contributed by atoms with van der Waals surface area (Å²) in [4.78, 5) is 0. The molecule has 0 unspecified atom stereocenters. The minimum absolute atomic E-state index is 0.838. The van der Waals surface area contributed by atoms with Gasteiger partial charge in [0.15, 0.2) is 0 Å². The van der Waals surface area contributed by atoms with Gasteiger partial charge in [-0.3, -0.25) is 0 Å². The minimum atomic E-state index is 0.838. The lowest BCUT2D eigenvalue weighted by Crippen LogP contribution is -1.85. The van der Waals surface area contributed by atoms with Crippen LogP contribution in [-0.4, -0.2) is 0 Å². The van der Waals surface area contributed by atoms with Crippen molar-refractivity contribution in [3.05, 3.63) is 95.3 Å². The van der Waals surface area contributed by atoms with Crippen LogP contribution in [-0.2, 0) is 6.42 Å². The van der Waals surface area contributed by atoms with E-state index < -0.39 is 0 Å². The summed E-state index contributed by atoms with van der Waals surface area (Å²) in [7, 11) is 0. The van der Waals surface area contributed by atoms with E-state index in [0.29, 0.717) is 0 Å². The first-order chi connectivity index (χ1) is 14.5. The molecular formula is C28H24O2. The third-order valence-electron chi connectivity index (χ3n) is 5.63. The first-order valence-corrected chi connectivity index (χ1v) is 10.3. The van der Waals surface area contributed by atoms with E-state index in [2.05, 4.69) is 69.0 Å². The summed E-state index contributed by atoms with van der Waals surface area (Å²) in [6, 6.07) is 19.0. The van der Waals surface area contributed by atoms with Gasteiger partial charge in [-0.1, -0.05) is 54.6 Å². The van der Waals surface area contributed by atoms with Crippen molar-refractivity contribution in [1.82, 2.24) is 0 Å². The fourth-order valence-electron chi connectivity index (χ4n) is 4.22. The van der Waals surface area contributed by atoms with Crippen molar-refractivity contribution in [1.29, 1.82) is 0 Å². The maximum Gasteiger partial charge on any atom is 0.138 e. The highest BCUT2D eigenvalue weighted by atomic mass is 16.3. The Kier molecular flexibility index (Phi) is 4.36. The van der Waals surface area contributed by atoms with E-state index in [9.17, 15) is 0 Å². The van der Waals surface area contributed by atoms with Crippen LogP contribution in [0.3, 0.4) is 0 Å². The lowest BCUT2D eigenvalue weighted by Gasteiger charge is -2.02. The summed E-state index contributed by atoms with van der Waals surface area (Å²) in [5, 5.41) is 3.49. The average Bonchev–Trinajstić information content (AvgIpc) is 3.27. The van der Waals surface area contributed by atoms with Gasteiger partial charge >= 0.3 is 0 Å². The van der Waals surface area contributed by atoms with Crippen LogP contribution < -0.4 is 0 Å². The molecule has 0 saturated carbocycles. The van der Waals surface area contributed by atoms with Crippen LogP contribution in [0.2, 0.25) is 0 Å².